The Kier molecular flexibility index (Phi) is 2.41. The molecule has 0 atom stereocenters. The summed E-state index contributed by atoms with van der Waals surface area (Å²) < 4.78 is 0. The Balaban J connectivity index is 2.20. The van der Waals surface area contributed by atoms with E-state index in [4.69, 9.17) is 0 Å². The van der Waals surface area contributed by atoms with Crippen molar-refractivity contribution in [2.24, 2.45) is 0 Å². The molecular weight excluding hydrogens is 224 g/mol. The minimum Gasteiger partial charge on any atom is -0.508 e. The van der Waals surface area contributed by atoms with Gasteiger partial charge in [0, 0.05) is 5.56 Å². The first kappa shape index (κ1) is 10.7. The summed E-state index contributed by atoms with van der Waals surface area (Å²) in [5.74, 6) is 0.536. The summed E-state index contributed by atoms with van der Waals surface area (Å²) in [4.78, 5) is 0. The second-order valence-corrected chi connectivity index (χ2v) is 4.26. The first-order valence-electron chi connectivity index (χ1n) is 5.75. The molecule has 3 aromatic carbocycles. The Morgan fingerprint density at radius 1 is 0.667 bits per heavy atom. The zero-order valence-electron chi connectivity index (χ0n) is 9.67. The normalized spacial score (nSPS) is 10.7. The average molecular weight is 236 g/mol. The molecule has 0 aliphatic rings. The van der Waals surface area contributed by atoms with Crippen molar-refractivity contribution < 1.29 is 10.2 Å². The SMILES string of the molecule is Oc1ccc2cc(-c3ccccc3O)ccc2c1. The summed E-state index contributed by atoms with van der Waals surface area (Å²) in [6.45, 7) is 0. The zero-order chi connectivity index (χ0) is 12.5. The lowest BCUT2D eigenvalue weighted by Crippen LogP contribution is -1.80. The predicted molar refractivity (Wildman–Crippen MR) is 72.7 cm³/mol. The molecule has 0 radical (unpaired) electrons. The highest BCUT2D eigenvalue weighted by molar-refractivity contribution is 5.89. The fraction of sp³-hybridized carbons (Fsp3) is 0. The van der Waals surface area contributed by atoms with Crippen molar-refractivity contribution in [3.05, 3.63) is 60.7 Å². The number of phenols is 2. The average Bonchev–Trinajstić information content (AvgIpc) is 2.39. The third-order valence-electron chi connectivity index (χ3n) is 3.04. The molecule has 3 aromatic rings. The van der Waals surface area contributed by atoms with E-state index in [-0.39, 0.29) is 11.5 Å². The smallest absolute Gasteiger partial charge is 0.123 e. The van der Waals surface area contributed by atoms with Gasteiger partial charge in [0.2, 0.25) is 0 Å². The van der Waals surface area contributed by atoms with Crippen LogP contribution in [-0.2, 0) is 0 Å². The van der Waals surface area contributed by atoms with E-state index in [2.05, 4.69) is 0 Å². The van der Waals surface area contributed by atoms with Crippen LogP contribution in [0.2, 0.25) is 0 Å². The molecule has 0 aliphatic heterocycles. The van der Waals surface area contributed by atoms with Gasteiger partial charge in [-0.05, 0) is 40.6 Å². The van der Waals surface area contributed by atoms with Gasteiger partial charge in [-0.25, -0.2) is 0 Å². The van der Waals surface area contributed by atoms with Crippen LogP contribution in [0.25, 0.3) is 21.9 Å². The van der Waals surface area contributed by atoms with Crippen LogP contribution in [0, 0.1) is 0 Å². The van der Waals surface area contributed by atoms with E-state index in [1.165, 1.54) is 0 Å². The van der Waals surface area contributed by atoms with Gasteiger partial charge in [0.1, 0.15) is 11.5 Å². The van der Waals surface area contributed by atoms with Gasteiger partial charge in [0.25, 0.3) is 0 Å². The van der Waals surface area contributed by atoms with E-state index in [9.17, 15) is 10.2 Å². The Hall–Kier alpha value is -2.48. The molecule has 0 bridgehead atoms. The maximum Gasteiger partial charge on any atom is 0.123 e. The van der Waals surface area contributed by atoms with Crippen molar-refractivity contribution in [2.75, 3.05) is 0 Å². The lowest BCUT2D eigenvalue weighted by Gasteiger charge is -2.06. The third kappa shape index (κ3) is 1.78. The number of rotatable bonds is 1. The first-order valence-corrected chi connectivity index (χ1v) is 5.75. The van der Waals surface area contributed by atoms with Crippen molar-refractivity contribution in [1.82, 2.24) is 0 Å². The molecule has 0 saturated carbocycles. The van der Waals surface area contributed by atoms with Gasteiger partial charge in [-0.2, -0.15) is 0 Å². The van der Waals surface area contributed by atoms with E-state index in [1.807, 2.05) is 36.4 Å². The van der Waals surface area contributed by atoms with Crippen molar-refractivity contribution in [3.8, 4) is 22.6 Å². The minimum absolute atomic E-state index is 0.262. The maximum absolute atomic E-state index is 9.84. The van der Waals surface area contributed by atoms with Crippen LogP contribution >= 0.6 is 0 Å². The quantitative estimate of drug-likeness (QED) is 0.672. The van der Waals surface area contributed by atoms with Crippen LogP contribution in [0.15, 0.2) is 60.7 Å². The molecule has 2 heteroatoms. The van der Waals surface area contributed by atoms with Crippen molar-refractivity contribution >= 4 is 10.8 Å². The van der Waals surface area contributed by atoms with Crippen molar-refractivity contribution in [1.29, 1.82) is 0 Å². The molecule has 0 amide bonds. The van der Waals surface area contributed by atoms with Crippen molar-refractivity contribution in [2.45, 2.75) is 0 Å². The van der Waals surface area contributed by atoms with E-state index in [0.29, 0.717) is 0 Å². The molecular formula is C16H12O2. The van der Waals surface area contributed by atoms with Gasteiger partial charge in [0.15, 0.2) is 0 Å². The largest absolute Gasteiger partial charge is 0.508 e. The van der Waals surface area contributed by atoms with Gasteiger partial charge in [-0.15, -0.1) is 0 Å². The minimum atomic E-state index is 0.262. The lowest BCUT2D eigenvalue weighted by molar-refractivity contribution is 0.476. The molecule has 88 valence electrons. The lowest BCUT2D eigenvalue weighted by atomic mass is 10.0. The molecule has 0 aromatic heterocycles. The molecule has 0 saturated heterocycles. The van der Waals surface area contributed by atoms with E-state index < -0.39 is 0 Å². The third-order valence-corrected chi connectivity index (χ3v) is 3.04. The first-order chi connectivity index (χ1) is 8.74. The molecule has 0 unspecified atom stereocenters. The zero-order valence-corrected chi connectivity index (χ0v) is 9.67. The van der Waals surface area contributed by atoms with Crippen LogP contribution in [-0.4, -0.2) is 10.2 Å². The number of para-hydroxylation sites is 1. The highest BCUT2D eigenvalue weighted by Crippen LogP contribution is 2.31. The number of fused-ring (bicyclic) bond motifs is 1. The van der Waals surface area contributed by atoms with Crippen LogP contribution in [0.4, 0.5) is 0 Å². The molecule has 2 N–H and O–H groups in total. The molecule has 0 aliphatic carbocycles. The molecule has 2 nitrogen and oxygen atoms in total. The van der Waals surface area contributed by atoms with Crippen molar-refractivity contribution in [3.63, 3.8) is 0 Å². The molecule has 3 rings (SSSR count). The highest BCUT2D eigenvalue weighted by Gasteiger charge is 2.04. The van der Waals surface area contributed by atoms with Gasteiger partial charge in [0.05, 0.1) is 0 Å². The number of benzene rings is 3. The standard InChI is InChI=1S/C16H12O2/c17-14-8-7-11-9-13(6-5-12(11)10-14)15-3-1-2-4-16(15)18/h1-10,17-18H. The van der Waals surface area contributed by atoms with Gasteiger partial charge < -0.3 is 10.2 Å². The molecule has 0 fully saturated rings. The molecule has 0 spiro atoms. The second kappa shape index (κ2) is 4.08. The van der Waals surface area contributed by atoms with Gasteiger partial charge >= 0.3 is 0 Å². The van der Waals surface area contributed by atoms with E-state index in [0.717, 1.165) is 21.9 Å². The summed E-state index contributed by atoms with van der Waals surface area (Å²) in [6, 6.07) is 18.4. The van der Waals surface area contributed by atoms with Gasteiger partial charge in [-0.3, -0.25) is 0 Å². The molecule has 18 heavy (non-hydrogen) atoms. The summed E-state index contributed by atoms with van der Waals surface area (Å²) in [7, 11) is 0. The Bertz CT molecular complexity index is 717. The number of hydrogen-bond acceptors (Lipinski definition) is 2. The number of aromatic hydroxyl groups is 2. The summed E-state index contributed by atoms with van der Waals surface area (Å²) in [6.07, 6.45) is 0. The number of hydrogen-bond donors (Lipinski definition) is 2. The number of phenolic OH excluding ortho intramolecular Hbond substituents is 2. The monoisotopic (exact) mass is 236 g/mol. The van der Waals surface area contributed by atoms with Crippen LogP contribution < -0.4 is 0 Å². The fourth-order valence-electron chi connectivity index (χ4n) is 2.12. The van der Waals surface area contributed by atoms with Crippen LogP contribution in [0.5, 0.6) is 11.5 Å². The fourth-order valence-corrected chi connectivity index (χ4v) is 2.12. The summed E-state index contributed by atoms with van der Waals surface area (Å²) in [5.41, 5.74) is 1.78. The van der Waals surface area contributed by atoms with Gasteiger partial charge in [-0.1, -0.05) is 36.4 Å². The summed E-state index contributed by atoms with van der Waals surface area (Å²) >= 11 is 0. The predicted octanol–water partition coefficient (Wildman–Crippen LogP) is 3.92. The summed E-state index contributed by atoms with van der Waals surface area (Å²) in [5, 5.41) is 21.3. The second-order valence-electron chi connectivity index (χ2n) is 4.26. The topological polar surface area (TPSA) is 40.5 Å². The Morgan fingerprint density at radius 3 is 2.22 bits per heavy atom. The molecule has 0 heterocycles. The van der Waals surface area contributed by atoms with Crippen LogP contribution in [0.1, 0.15) is 0 Å². The maximum atomic E-state index is 9.84. The van der Waals surface area contributed by atoms with Crippen LogP contribution in [0.3, 0.4) is 0 Å². The van der Waals surface area contributed by atoms with E-state index in [1.54, 1.807) is 24.3 Å². The Labute approximate surface area is 105 Å². The van der Waals surface area contributed by atoms with E-state index >= 15 is 0 Å². The Morgan fingerprint density at radius 2 is 1.39 bits per heavy atom. The highest BCUT2D eigenvalue weighted by atomic mass is 16.3.